The zero-order valence-corrected chi connectivity index (χ0v) is 14.7. The fourth-order valence-electron chi connectivity index (χ4n) is 2.87. The Hall–Kier alpha value is -1.75. The third kappa shape index (κ3) is 5.43. The van der Waals surface area contributed by atoms with Gasteiger partial charge in [-0.05, 0) is 43.4 Å². The highest BCUT2D eigenvalue weighted by Gasteiger charge is 2.13. The van der Waals surface area contributed by atoms with Gasteiger partial charge in [0.05, 0.1) is 6.54 Å². The molecule has 0 aliphatic carbocycles. The van der Waals surface area contributed by atoms with Gasteiger partial charge in [0.2, 0.25) is 0 Å². The molecule has 1 aromatic carbocycles. The molecule has 0 radical (unpaired) electrons. The van der Waals surface area contributed by atoms with Crippen molar-refractivity contribution in [1.82, 2.24) is 10.6 Å². The molecule has 0 spiro atoms. The molecule has 1 aliphatic heterocycles. The summed E-state index contributed by atoms with van der Waals surface area (Å²) in [6, 6.07) is 6.74. The number of nitrogens with one attached hydrogen (secondary N) is 2. The maximum absolute atomic E-state index is 5.07. The van der Waals surface area contributed by atoms with Crippen LogP contribution < -0.4 is 15.5 Å². The van der Waals surface area contributed by atoms with E-state index in [1.54, 1.807) is 7.11 Å². The number of methoxy groups -OCH3 is 1. The Morgan fingerprint density at radius 3 is 3.00 bits per heavy atom. The summed E-state index contributed by atoms with van der Waals surface area (Å²) < 4.78 is 5.07. The molecular weight excluding hydrogens is 288 g/mol. The van der Waals surface area contributed by atoms with Crippen LogP contribution in [0.3, 0.4) is 0 Å². The predicted molar refractivity (Wildman–Crippen MR) is 97.3 cm³/mol. The first-order chi connectivity index (χ1) is 11.2. The van der Waals surface area contributed by atoms with Crippen molar-refractivity contribution in [1.29, 1.82) is 0 Å². The van der Waals surface area contributed by atoms with Crippen LogP contribution in [0.25, 0.3) is 0 Å². The molecule has 0 amide bonds. The average molecular weight is 318 g/mol. The number of guanidine groups is 1. The average Bonchev–Trinajstić information content (AvgIpc) is 2.56. The molecule has 5 nitrogen and oxygen atoms in total. The number of ether oxygens (including phenoxy) is 1. The summed E-state index contributed by atoms with van der Waals surface area (Å²) in [5, 5.41) is 6.63. The molecule has 1 heterocycles. The lowest BCUT2D eigenvalue weighted by Gasteiger charge is -2.27. The van der Waals surface area contributed by atoms with Crippen LogP contribution in [-0.4, -0.2) is 46.4 Å². The quantitative estimate of drug-likeness (QED) is 0.459. The smallest absolute Gasteiger partial charge is 0.191 e. The summed E-state index contributed by atoms with van der Waals surface area (Å²) in [6.07, 6.45) is 3.39. The summed E-state index contributed by atoms with van der Waals surface area (Å²) >= 11 is 0. The number of nitrogens with zero attached hydrogens (tertiary/aromatic N) is 2. The third-order valence-corrected chi connectivity index (χ3v) is 4.08. The second-order valence-electron chi connectivity index (χ2n) is 5.96. The lowest BCUT2D eigenvalue weighted by atomic mass is 10.00. The summed E-state index contributed by atoms with van der Waals surface area (Å²) in [5.41, 5.74) is 4.09. The van der Waals surface area contributed by atoms with Gasteiger partial charge in [-0.25, -0.2) is 4.99 Å². The highest BCUT2D eigenvalue weighted by molar-refractivity contribution is 5.79. The minimum Gasteiger partial charge on any atom is -0.385 e. The van der Waals surface area contributed by atoms with Crippen LogP contribution in [0.4, 0.5) is 5.69 Å². The Bertz CT molecular complexity index is 516. The van der Waals surface area contributed by atoms with E-state index in [-0.39, 0.29) is 0 Å². The number of benzene rings is 1. The van der Waals surface area contributed by atoms with E-state index in [2.05, 4.69) is 52.7 Å². The molecule has 2 rings (SSSR count). The first-order valence-electron chi connectivity index (χ1n) is 8.58. The Labute approximate surface area is 140 Å². The Balaban J connectivity index is 1.95. The molecule has 0 bridgehead atoms. The Morgan fingerprint density at radius 1 is 1.35 bits per heavy atom. The lowest BCUT2D eigenvalue weighted by Crippen LogP contribution is -2.38. The first kappa shape index (κ1) is 17.6. The van der Waals surface area contributed by atoms with Crippen molar-refractivity contribution in [2.75, 3.05) is 45.3 Å². The molecule has 0 saturated carbocycles. The Morgan fingerprint density at radius 2 is 2.22 bits per heavy atom. The normalized spacial score (nSPS) is 14.6. The van der Waals surface area contributed by atoms with Gasteiger partial charge in [0.15, 0.2) is 5.96 Å². The highest BCUT2D eigenvalue weighted by atomic mass is 16.5. The monoisotopic (exact) mass is 318 g/mol. The van der Waals surface area contributed by atoms with Crippen molar-refractivity contribution in [3.63, 3.8) is 0 Å². The van der Waals surface area contributed by atoms with E-state index in [0.29, 0.717) is 6.54 Å². The van der Waals surface area contributed by atoms with Crippen LogP contribution in [0.1, 0.15) is 30.9 Å². The fourth-order valence-corrected chi connectivity index (χ4v) is 2.87. The van der Waals surface area contributed by atoms with E-state index in [0.717, 1.165) is 38.6 Å². The van der Waals surface area contributed by atoms with Gasteiger partial charge in [-0.1, -0.05) is 12.1 Å². The van der Waals surface area contributed by atoms with E-state index in [1.807, 2.05) is 0 Å². The molecule has 0 unspecified atom stereocenters. The summed E-state index contributed by atoms with van der Waals surface area (Å²) in [4.78, 5) is 7.03. The number of fused-ring (bicyclic) bond motifs is 1. The van der Waals surface area contributed by atoms with Crippen LogP contribution in [0.2, 0.25) is 0 Å². The van der Waals surface area contributed by atoms with Crippen molar-refractivity contribution >= 4 is 11.6 Å². The highest BCUT2D eigenvalue weighted by Crippen LogP contribution is 2.26. The van der Waals surface area contributed by atoms with Gasteiger partial charge in [-0.15, -0.1) is 0 Å². The minimum absolute atomic E-state index is 0.705. The maximum Gasteiger partial charge on any atom is 0.191 e. The molecule has 1 aliphatic rings. The van der Waals surface area contributed by atoms with Crippen LogP contribution in [-0.2, 0) is 17.7 Å². The van der Waals surface area contributed by atoms with Crippen LogP contribution >= 0.6 is 0 Å². The number of aryl methyl sites for hydroxylation is 1. The second kappa shape index (κ2) is 9.40. The van der Waals surface area contributed by atoms with E-state index in [9.17, 15) is 0 Å². The molecule has 0 saturated heterocycles. The summed E-state index contributed by atoms with van der Waals surface area (Å²) in [6.45, 7) is 6.45. The van der Waals surface area contributed by atoms with Crippen molar-refractivity contribution in [3.8, 4) is 0 Å². The van der Waals surface area contributed by atoms with Crippen LogP contribution in [0.15, 0.2) is 23.2 Å². The molecule has 0 atom stereocenters. The number of anilines is 1. The topological polar surface area (TPSA) is 48.9 Å². The zero-order chi connectivity index (χ0) is 16.5. The number of hydrogen-bond donors (Lipinski definition) is 2. The van der Waals surface area contributed by atoms with Gasteiger partial charge in [0, 0.05) is 46.1 Å². The SMILES string of the molecule is CCNC(=NCc1ccc2c(c1)CCCN2C)NCCCOC. The van der Waals surface area contributed by atoms with E-state index in [1.165, 1.54) is 29.7 Å². The number of rotatable bonds is 7. The first-order valence-corrected chi connectivity index (χ1v) is 8.58. The second-order valence-corrected chi connectivity index (χ2v) is 5.96. The minimum atomic E-state index is 0.705. The van der Waals surface area contributed by atoms with Crippen LogP contribution in [0, 0.1) is 0 Å². The zero-order valence-electron chi connectivity index (χ0n) is 14.7. The maximum atomic E-state index is 5.07. The Kier molecular flexibility index (Phi) is 7.20. The van der Waals surface area contributed by atoms with Gasteiger partial charge in [-0.2, -0.15) is 0 Å². The van der Waals surface area contributed by atoms with Gasteiger partial charge in [-0.3, -0.25) is 0 Å². The van der Waals surface area contributed by atoms with Gasteiger partial charge < -0.3 is 20.3 Å². The van der Waals surface area contributed by atoms with Crippen LogP contribution in [0.5, 0.6) is 0 Å². The molecule has 1 aromatic rings. The van der Waals surface area contributed by atoms with Crippen molar-refractivity contribution < 1.29 is 4.74 Å². The fraction of sp³-hybridized carbons (Fsp3) is 0.611. The van der Waals surface area contributed by atoms with Gasteiger partial charge in [0.25, 0.3) is 0 Å². The van der Waals surface area contributed by atoms with Gasteiger partial charge >= 0.3 is 0 Å². The summed E-state index contributed by atoms with van der Waals surface area (Å²) in [5.74, 6) is 0.874. The number of aliphatic imine (C=N–C) groups is 1. The number of hydrogen-bond acceptors (Lipinski definition) is 3. The van der Waals surface area contributed by atoms with E-state index < -0.39 is 0 Å². The largest absolute Gasteiger partial charge is 0.385 e. The molecule has 23 heavy (non-hydrogen) atoms. The lowest BCUT2D eigenvalue weighted by molar-refractivity contribution is 0.195. The molecule has 2 N–H and O–H groups in total. The van der Waals surface area contributed by atoms with E-state index >= 15 is 0 Å². The van der Waals surface area contributed by atoms with Gasteiger partial charge in [0.1, 0.15) is 0 Å². The third-order valence-electron chi connectivity index (χ3n) is 4.08. The van der Waals surface area contributed by atoms with Crippen molar-refractivity contribution in [2.45, 2.75) is 32.7 Å². The van der Waals surface area contributed by atoms with E-state index in [4.69, 9.17) is 4.74 Å². The van der Waals surface area contributed by atoms with Crippen molar-refractivity contribution in [2.24, 2.45) is 4.99 Å². The molecule has 128 valence electrons. The predicted octanol–water partition coefficient (Wildman–Crippen LogP) is 2.16. The molecule has 0 aromatic heterocycles. The molecular formula is C18H30N4O. The molecule has 5 heteroatoms. The summed E-state index contributed by atoms with van der Waals surface area (Å²) in [7, 11) is 3.90. The standard InChI is InChI=1S/C18H30N4O/c1-4-19-18(20-10-6-12-23-3)21-14-15-8-9-17-16(13-15)7-5-11-22(17)2/h8-9,13H,4-7,10-12,14H2,1-3H3,(H2,19,20,21). The molecule has 0 fully saturated rings. The van der Waals surface area contributed by atoms with Crippen molar-refractivity contribution in [3.05, 3.63) is 29.3 Å².